The van der Waals surface area contributed by atoms with E-state index in [0.717, 1.165) is 0 Å². The molecule has 1 N–H and O–H groups in total. The third-order valence-electron chi connectivity index (χ3n) is 5.18. The van der Waals surface area contributed by atoms with Gasteiger partial charge in [-0.05, 0) is 37.1 Å². The lowest BCUT2D eigenvalue weighted by Gasteiger charge is -2.53. The molecule has 1 aliphatic carbocycles. The van der Waals surface area contributed by atoms with Gasteiger partial charge in [0.05, 0.1) is 12.6 Å². The van der Waals surface area contributed by atoms with Crippen LogP contribution in [0.25, 0.3) is 0 Å². The number of alkyl halides is 4. The molecule has 0 saturated heterocycles. The highest BCUT2D eigenvalue weighted by Gasteiger charge is 2.83. The maximum absolute atomic E-state index is 14.6. The molecule has 0 bridgehead atoms. The van der Waals surface area contributed by atoms with Crippen LogP contribution in [0.4, 0.5) is 17.6 Å². The summed E-state index contributed by atoms with van der Waals surface area (Å²) < 4.78 is 62.1. The Kier molecular flexibility index (Phi) is 5.12. The molecular weight excluding hydrogens is 374 g/mol. The Hall–Kier alpha value is -2.57. The van der Waals surface area contributed by atoms with Gasteiger partial charge in [-0.1, -0.05) is 42.5 Å². The molecule has 3 nitrogen and oxygen atoms in total. The van der Waals surface area contributed by atoms with Gasteiger partial charge in [-0.2, -0.15) is 17.6 Å². The van der Waals surface area contributed by atoms with Crippen molar-refractivity contribution >= 4 is 5.91 Å². The van der Waals surface area contributed by atoms with Crippen molar-refractivity contribution in [2.45, 2.75) is 43.6 Å². The van der Waals surface area contributed by atoms with Crippen molar-refractivity contribution < 1.29 is 27.1 Å². The van der Waals surface area contributed by atoms with Crippen LogP contribution in [0.2, 0.25) is 0 Å². The number of rotatable bonds is 6. The molecule has 2 atom stereocenters. The third-order valence-corrected chi connectivity index (χ3v) is 5.18. The van der Waals surface area contributed by atoms with Crippen molar-refractivity contribution in [3.63, 3.8) is 0 Å². The fourth-order valence-corrected chi connectivity index (χ4v) is 3.55. The summed E-state index contributed by atoms with van der Waals surface area (Å²) in [6.45, 7) is 3.75. The van der Waals surface area contributed by atoms with Gasteiger partial charge in [-0.15, -0.1) is 0 Å². The molecule has 0 aromatic heterocycles. The van der Waals surface area contributed by atoms with Crippen molar-refractivity contribution in [2.24, 2.45) is 0 Å². The molecule has 3 rings (SSSR count). The topological polar surface area (TPSA) is 38.3 Å². The Morgan fingerprint density at radius 1 is 1.07 bits per heavy atom. The summed E-state index contributed by atoms with van der Waals surface area (Å²) in [5, 5.41) is 2.49. The number of halogens is 4. The molecule has 0 heterocycles. The molecule has 1 amide bonds. The number of ether oxygens (including phenoxy) is 1. The maximum atomic E-state index is 14.6. The molecule has 1 fully saturated rings. The standard InChI is InChI=1S/C21H21F4NO2/c1-3-28-17-11-9-16(10-12-17)19(13-20(22,23)21(19,24)25)18(27)26-14(2)15-7-5-4-6-8-15/h4-12,14H,3,13H2,1-2H3,(H,26,27). The Morgan fingerprint density at radius 3 is 2.18 bits per heavy atom. The Balaban J connectivity index is 1.95. The van der Waals surface area contributed by atoms with E-state index in [4.69, 9.17) is 4.74 Å². The smallest absolute Gasteiger partial charge is 0.328 e. The molecule has 2 aromatic carbocycles. The first-order valence-corrected chi connectivity index (χ1v) is 9.00. The highest BCUT2D eigenvalue weighted by Crippen LogP contribution is 2.64. The highest BCUT2D eigenvalue weighted by molar-refractivity contribution is 5.92. The zero-order valence-electron chi connectivity index (χ0n) is 15.5. The van der Waals surface area contributed by atoms with E-state index in [-0.39, 0.29) is 5.56 Å². The molecule has 150 valence electrons. The molecular formula is C21H21F4NO2. The number of hydrogen-bond donors (Lipinski definition) is 1. The lowest BCUT2D eigenvalue weighted by atomic mass is 9.58. The lowest BCUT2D eigenvalue weighted by molar-refractivity contribution is -0.318. The molecule has 0 aliphatic heterocycles. The first kappa shape index (κ1) is 20.2. The van der Waals surface area contributed by atoms with Crippen LogP contribution in [0.3, 0.4) is 0 Å². The van der Waals surface area contributed by atoms with Crippen molar-refractivity contribution in [1.82, 2.24) is 5.32 Å². The van der Waals surface area contributed by atoms with Crippen LogP contribution in [0.15, 0.2) is 54.6 Å². The molecule has 0 spiro atoms. The van der Waals surface area contributed by atoms with Crippen molar-refractivity contribution in [3.8, 4) is 5.75 Å². The zero-order valence-corrected chi connectivity index (χ0v) is 15.5. The fraction of sp³-hybridized carbons (Fsp3) is 0.381. The summed E-state index contributed by atoms with van der Waals surface area (Å²) in [4.78, 5) is 12.9. The summed E-state index contributed by atoms with van der Waals surface area (Å²) in [5.41, 5.74) is -2.11. The van der Waals surface area contributed by atoms with Gasteiger partial charge in [0, 0.05) is 6.42 Å². The first-order chi connectivity index (χ1) is 13.2. The van der Waals surface area contributed by atoms with E-state index >= 15 is 0 Å². The molecule has 1 aliphatic rings. The van der Waals surface area contributed by atoms with Gasteiger partial charge in [0.2, 0.25) is 5.91 Å². The summed E-state index contributed by atoms with van der Waals surface area (Å²) in [5.74, 6) is -9.47. The lowest BCUT2D eigenvalue weighted by Crippen LogP contribution is -2.74. The van der Waals surface area contributed by atoms with E-state index in [0.29, 0.717) is 17.9 Å². The number of amides is 1. The highest BCUT2D eigenvalue weighted by atomic mass is 19.3. The first-order valence-electron chi connectivity index (χ1n) is 9.00. The van der Waals surface area contributed by atoms with Crippen LogP contribution in [0, 0.1) is 0 Å². The largest absolute Gasteiger partial charge is 0.494 e. The van der Waals surface area contributed by atoms with Gasteiger partial charge in [0.25, 0.3) is 0 Å². The number of nitrogens with one attached hydrogen (secondary N) is 1. The van der Waals surface area contributed by atoms with Crippen LogP contribution in [-0.2, 0) is 10.2 Å². The van der Waals surface area contributed by atoms with Crippen LogP contribution in [0.5, 0.6) is 5.75 Å². The average molecular weight is 395 g/mol. The second-order valence-corrected chi connectivity index (χ2v) is 6.92. The van der Waals surface area contributed by atoms with Gasteiger partial charge >= 0.3 is 11.8 Å². The normalized spacial score (nSPS) is 23.4. The minimum absolute atomic E-state index is 0.162. The third kappa shape index (κ3) is 3.02. The van der Waals surface area contributed by atoms with Crippen LogP contribution >= 0.6 is 0 Å². The molecule has 0 radical (unpaired) electrons. The number of carbonyl (C=O) groups excluding carboxylic acids is 1. The van der Waals surface area contributed by atoms with E-state index in [9.17, 15) is 22.4 Å². The van der Waals surface area contributed by atoms with Gasteiger partial charge in [-0.3, -0.25) is 4.79 Å². The molecule has 2 unspecified atom stereocenters. The number of benzene rings is 2. The zero-order chi connectivity index (χ0) is 20.6. The van der Waals surface area contributed by atoms with Crippen molar-refractivity contribution in [2.75, 3.05) is 6.61 Å². The van der Waals surface area contributed by atoms with Gasteiger partial charge in [-0.25, -0.2) is 0 Å². The molecule has 1 saturated carbocycles. The summed E-state index contributed by atoms with van der Waals surface area (Å²) in [6, 6.07) is 13.4. The molecule has 28 heavy (non-hydrogen) atoms. The Bertz CT molecular complexity index is 839. The summed E-state index contributed by atoms with van der Waals surface area (Å²) >= 11 is 0. The second-order valence-electron chi connectivity index (χ2n) is 6.92. The molecule has 2 aromatic rings. The summed E-state index contributed by atoms with van der Waals surface area (Å²) in [7, 11) is 0. The number of carbonyl (C=O) groups is 1. The van der Waals surface area contributed by atoms with Crippen LogP contribution < -0.4 is 10.1 Å². The minimum Gasteiger partial charge on any atom is -0.494 e. The SMILES string of the molecule is CCOc1ccc(C2(C(=O)NC(C)c3ccccc3)CC(F)(F)C2(F)F)cc1. The molecule has 7 heteroatoms. The quantitative estimate of drug-likeness (QED) is 0.709. The van der Waals surface area contributed by atoms with Crippen molar-refractivity contribution in [1.29, 1.82) is 0 Å². The predicted molar refractivity (Wildman–Crippen MR) is 96.8 cm³/mol. The van der Waals surface area contributed by atoms with Crippen LogP contribution in [0.1, 0.15) is 37.4 Å². The van der Waals surface area contributed by atoms with Crippen molar-refractivity contribution in [3.05, 3.63) is 65.7 Å². The maximum Gasteiger partial charge on any atom is 0.328 e. The van der Waals surface area contributed by atoms with E-state index < -0.39 is 35.6 Å². The Morgan fingerprint density at radius 2 is 1.68 bits per heavy atom. The predicted octanol–water partition coefficient (Wildman–Crippen LogP) is 4.87. The van der Waals surface area contributed by atoms with E-state index in [1.165, 1.54) is 24.3 Å². The monoisotopic (exact) mass is 395 g/mol. The van der Waals surface area contributed by atoms with Gasteiger partial charge in [0.1, 0.15) is 11.2 Å². The average Bonchev–Trinajstić information content (AvgIpc) is 2.67. The van der Waals surface area contributed by atoms with Gasteiger partial charge < -0.3 is 10.1 Å². The van der Waals surface area contributed by atoms with E-state index in [1.807, 2.05) is 0 Å². The Labute approximate surface area is 160 Å². The van der Waals surface area contributed by atoms with Crippen LogP contribution in [-0.4, -0.2) is 24.4 Å². The van der Waals surface area contributed by atoms with Gasteiger partial charge in [0.15, 0.2) is 0 Å². The minimum atomic E-state index is -4.51. The summed E-state index contributed by atoms with van der Waals surface area (Å²) in [6.07, 6.45) is -1.26. The van der Waals surface area contributed by atoms with E-state index in [2.05, 4.69) is 5.32 Å². The van der Waals surface area contributed by atoms with E-state index in [1.54, 1.807) is 44.2 Å². The second kappa shape index (κ2) is 7.11. The number of hydrogen-bond acceptors (Lipinski definition) is 2. The fourth-order valence-electron chi connectivity index (χ4n) is 3.55.